The minimum Gasteiger partial charge on any atom is -0.293 e. The highest BCUT2D eigenvalue weighted by molar-refractivity contribution is 6.27. The maximum Gasteiger partial charge on any atom is 0.173 e. The van der Waals surface area contributed by atoms with Gasteiger partial charge in [-0.05, 0) is 12.8 Å². The molecule has 2 heteroatoms. The van der Waals surface area contributed by atoms with Gasteiger partial charge in [0.1, 0.15) is 0 Å². The zero-order chi connectivity index (χ0) is 9.36. The fourth-order valence-electron chi connectivity index (χ4n) is 1.62. The first-order valence-electron chi connectivity index (χ1n) is 5.42. The smallest absolute Gasteiger partial charge is 0.173 e. The molecule has 1 rings (SSSR count). The predicted octanol–water partition coefficient (Wildman–Crippen LogP) is 2.76. The van der Waals surface area contributed by atoms with Gasteiger partial charge in [-0.25, -0.2) is 0 Å². The lowest BCUT2D eigenvalue weighted by atomic mass is 10.1. The molecule has 0 aromatic heterocycles. The van der Waals surface area contributed by atoms with Crippen molar-refractivity contribution in [1.82, 2.24) is 0 Å². The van der Waals surface area contributed by atoms with Crippen LogP contribution < -0.4 is 0 Å². The monoisotopic (exact) mass is 181 g/mol. The van der Waals surface area contributed by atoms with Gasteiger partial charge in [0.05, 0.1) is 6.21 Å². The minimum absolute atomic E-state index is 0.209. The molecule has 0 fully saturated rings. The fourth-order valence-corrected chi connectivity index (χ4v) is 1.62. The number of carbonyl (C=O) groups is 1. The molecule has 13 heavy (non-hydrogen) atoms. The summed E-state index contributed by atoms with van der Waals surface area (Å²) in [5.74, 6) is 0.209. The van der Waals surface area contributed by atoms with Crippen molar-refractivity contribution < 1.29 is 4.79 Å². The molecule has 0 saturated carbocycles. The average molecular weight is 181 g/mol. The molecular weight excluding hydrogens is 162 g/mol. The van der Waals surface area contributed by atoms with Crippen molar-refractivity contribution >= 4 is 12.0 Å². The predicted molar refractivity (Wildman–Crippen MR) is 55.3 cm³/mol. The van der Waals surface area contributed by atoms with Crippen LogP contribution in [0.1, 0.15) is 51.4 Å². The van der Waals surface area contributed by atoms with Gasteiger partial charge < -0.3 is 0 Å². The summed E-state index contributed by atoms with van der Waals surface area (Å²) in [6, 6.07) is 0. The van der Waals surface area contributed by atoms with E-state index >= 15 is 0 Å². The summed E-state index contributed by atoms with van der Waals surface area (Å²) in [5, 5.41) is 0. The van der Waals surface area contributed by atoms with E-state index in [1.165, 1.54) is 38.3 Å². The van der Waals surface area contributed by atoms with E-state index < -0.39 is 0 Å². The minimum atomic E-state index is 0.209. The van der Waals surface area contributed by atoms with E-state index in [4.69, 9.17) is 0 Å². The Hall–Kier alpha value is -0.660. The summed E-state index contributed by atoms with van der Waals surface area (Å²) in [4.78, 5) is 15.3. The van der Waals surface area contributed by atoms with Crippen LogP contribution in [-0.2, 0) is 4.79 Å². The molecule has 1 aliphatic heterocycles. The Kier molecular flexibility index (Phi) is 5.46. The molecule has 0 aromatic rings. The number of nitrogens with zero attached hydrogens (tertiary/aromatic N) is 1. The number of Topliss-reactive ketones (excluding diaryl/α,β-unsaturated/α-hetero) is 1. The normalized spacial score (nSPS) is 22.0. The zero-order valence-corrected chi connectivity index (χ0v) is 8.30. The molecule has 0 amide bonds. The third-order valence-electron chi connectivity index (χ3n) is 2.45. The molecule has 0 atom stereocenters. The molecule has 0 unspecified atom stereocenters. The molecule has 0 bridgehead atoms. The molecule has 0 aliphatic carbocycles. The summed E-state index contributed by atoms with van der Waals surface area (Å²) < 4.78 is 0. The zero-order valence-electron chi connectivity index (χ0n) is 8.30. The van der Waals surface area contributed by atoms with Crippen LogP contribution in [0.3, 0.4) is 0 Å². The first-order valence-corrected chi connectivity index (χ1v) is 5.42. The highest BCUT2D eigenvalue weighted by Gasteiger charge is 1.99. The van der Waals surface area contributed by atoms with Gasteiger partial charge in [0.25, 0.3) is 0 Å². The summed E-state index contributed by atoms with van der Waals surface area (Å²) in [7, 11) is 0. The van der Waals surface area contributed by atoms with E-state index in [0.717, 1.165) is 19.4 Å². The van der Waals surface area contributed by atoms with Gasteiger partial charge in [-0.3, -0.25) is 9.79 Å². The summed E-state index contributed by atoms with van der Waals surface area (Å²) >= 11 is 0. The lowest BCUT2D eigenvalue weighted by Gasteiger charge is -2.02. The Morgan fingerprint density at radius 2 is 1.54 bits per heavy atom. The SMILES string of the molecule is O=C1C=NCCCCCCCCC1. The number of aliphatic imine (C=N–C) groups is 1. The van der Waals surface area contributed by atoms with Gasteiger partial charge in [0, 0.05) is 13.0 Å². The van der Waals surface area contributed by atoms with Crippen molar-refractivity contribution in [2.75, 3.05) is 6.54 Å². The average Bonchev–Trinajstić information content (AvgIpc) is 2.11. The molecule has 1 heterocycles. The molecule has 74 valence electrons. The maximum absolute atomic E-state index is 11.1. The Balaban J connectivity index is 2.26. The van der Waals surface area contributed by atoms with Crippen LogP contribution in [0.15, 0.2) is 4.99 Å². The largest absolute Gasteiger partial charge is 0.293 e. The Morgan fingerprint density at radius 1 is 0.923 bits per heavy atom. The highest BCUT2D eigenvalue weighted by atomic mass is 16.1. The molecule has 0 radical (unpaired) electrons. The quantitative estimate of drug-likeness (QED) is 0.565. The van der Waals surface area contributed by atoms with Gasteiger partial charge in [0.2, 0.25) is 0 Å². The number of ketones is 1. The van der Waals surface area contributed by atoms with E-state index in [-0.39, 0.29) is 5.78 Å². The molecule has 0 aromatic carbocycles. The van der Waals surface area contributed by atoms with Crippen LogP contribution >= 0.6 is 0 Å². The Labute approximate surface area is 80.4 Å². The lowest BCUT2D eigenvalue weighted by molar-refractivity contribution is -0.112. The Bertz CT molecular complexity index is 175. The van der Waals surface area contributed by atoms with E-state index in [9.17, 15) is 4.79 Å². The first-order chi connectivity index (χ1) is 6.39. The summed E-state index contributed by atoms with van der Waals surface area (Å²) in [6.07, 6.45) is 10.9. The van der Waals surface area contributed by atoms with Gasteiger partial charge >= 0.3 is 0 Å². The van der Waals surface area contributed by atoms with Crippen LogP contribution in [0.4, 0.5) is 0 Å². The number of carbonyl (C=O) groups excluding carboxylic acids is 1. The van der Waals surface area contributed by atoms with Crippen LogP contribution in [0.5, 0.6) is 0 Å². The molecular formula is C11H19NO. The van der Waals surface area contributed by atoms with Crippen molar-refractivity contribution in [3.8, 4) is 0 Å². The van der Waals surface area contributed by atoms with E-state index in [1.54, 1.807) is 0 Å². The number of rotatable bonds is 0. The third kappa shape index (κ3) is 5.56. The van der Waals surface area contributed by atoms with Gasteiger partial charge in [0.15, 0.2) is 5.78 Å². The second-order valence-corrected chi connectivity index (χ2v) is 3.73. The van der Waals surface area contributed by atoms with Crippen molar-refractivity contribution in [2.45, 2.75) is 51.4 Å². The number of hydrogen-bond donors (Lipinski definition) is 0. The van der Waals surface area contributed by atoms with Crippen LogP contribution in [0, 0.1) is 0 Å². The van der Waals surface area contributed by atoms with Gasteiger partial charge in [-0.2, -0.15) is 0 Å². The molecule has 1 aliphatic rings. The van der Waals surface area contributed by atoms with Crippen LogP contribution in [0.25, 0.3) is 0 Å². The third-order valence-corrected chi connectivity index (χ3v) is 2.45. The second kappa shape index (κ2) is 6.81. The van der Waals surface area contributed by atoms with Gasteiger partial charge in [-0.1, -0.05) is 32.1 Å². The van der Waals surface area contributed by atoms with Crippen LogP contribution in [-0.4, -0.2) is 18.5 Å². The lowest BCUT2D eigenvalue weighted by Crippen LogP contribution is -2.00. The second-order valence-electron chi connectivity index (χ2n) is 3.73. The summed E-state index contributed by atoms with van der Waals surface area (Å²) in [6.45, 7) is 0.839. The van der Waals surface area contributed by atoms with Crippen molar-refractivity contribution in [3.05, 3.63) is 0 Å². The summed E-state index contributed by atoms with van der Waals surface area (Å²) in [5.41, 5.74) is 0. The first kappa shape index (κ1) is 10.4. The molecule has 0 N–H and O–H groups in total. The fraction of sp³-hybridized carbons (Fsp3) is 0.818. The molecule has 0 saturated heterocycles. The van der Waals surface area contributed by atoms with E-state index in [1.807, 2.05) is 0 Å². The maximum atomic E-state index is 11.1. The van der Waals surface area contributed by atoms with Crippen molar-refractivity contribution in [2.24, 2.45) is 4.99 Å². The van der Waals surface area contributed by atoms with E-state index in [0.29, 0.717) is 6.42 Å². The standard InChI is InChI=1S/C11H19NO/c13-11-8-6-4-2-1-3-5-7-9-12-10-11/h10H,1-9H2. The number of hydrogen-bond acceptors (Lipinski definition) is 2. The Morgan fingerprint density at radius 3 is 2.31 bits per heavy atom. The molecule has 2 nitrogen and oxygen atoms in total. The topological polar surface area (TPSA) is 29.4 Å². The van der Waals surface area contributed by atoms with Gasteiger partial charge in [-0.15, -0.1) is 0 Å². The van der Waals surface area contributed by atoms with Crippen molar-refractivity contribution in [3.63, 3.8) is 0 Å². The van der Waals surface area contributed by atoms with Crippen molar-refractivity contribution in [1.29, 1.82) is 0 Å². The molecule has 0 spiro atoms. The van der Waals surface area contributed by atoms with E-state index in [2.05, 4.69) is 4.99 Å². The highest BCUT2D eigenvalue weighted by Crippen LogP contribution is 2.09. The van der Waals surface area contributed by atoms with Crippen LogP contribution in [0.2, 0.25) is 0 Å².